The molecule has 2 aromatic rings. The van der Waals surface area contributed by atoms with E-state index < -0.39 is 23.9 Å². The topological polar surface area (TPSA) is 93.7 Å². The first kappa shape index (κ1) is 19.0. The van der Waals surface area contributed by atoms with Gasteiger partial charge in [-0.15, -0.1) is 0 Å². The molecule has 0 spiro atoms. The molecule has 0 aromatic heterocycles. The smallest absolute Gasteiger partial charge is 0.338 e. The highest BCUT2D eigenvalue weighted by Crippen LogP contribution is 2.13. The van der Waals surface area contributed by atoms with Gasteiger partial charge in [0.2, 0.25) is 0 Å². The van der Waals surface area contributed by atoms with Crippen molar-refractivity contribution in [1.82, 2.24) is 10.9 Å². The number of carbonyl (C=O) groups is 3. The lowest BCUT2D eigenvalue weighted by molar-refractivity contribution is -0.129. The number of carbonyl (C=O) groups excluding carboxylic acids is 3. The molecular formula is C19H20N2O5. The molecule has 0 saturated carbocycles. The fraction of sp³-hybridized carbons (Fsp3) is 0.211. The SMILES string of the molecule is CCOc1ccc(C(=O)O[C@@H](C)C(=O)NNC(=O)c2ccccc2)cc1. The third-order valence-corrected chi connectivity index (χ3v) is 3.39. The van der Waals surface area contributed by atoms with Crippen LogP contribution in [0.15, 0.2) is 54.6 Å². The van der Waals surface area contributed by atoms with Gasteiger partial charge in [-0.05, 0) is 50.2 Å². The van der Waals surface area contributed by atoms with Crippen LogP contribution in [-0.2, 0) is 9.53 Å². The highest BCUT2D eigenvalue weighted by atomic mass is 16.5. The summed E-state index contributed by atoms with van der Waals surface area (Å²) in [7, 11) is 0. The third-order valence-electron chi connectivity index (χ3n) is 3.39. The summed E-state index contributed by atoms with van der Waals surface area (Å²) in [5.41, 5.74) is 5.18. The lowest BCUT2D eigenvalue weighted by Crippen LogP contribution is -2.46. The van der Waals surface area contributed by atoms with Gasteiger partial charge in [-0.1, -0.05) is 18.2 Å². The van der Waals surface area contributed by atoms with Crippen LogP contribution in [-0.4, -0.2) is 30.5 Å². The maximum atomic E-state index is 12.1. The molecule has 2 rings (SSSR count). The van der Waals surface area contributed by atoms with Crippen LogP contribution in [0.2, 0.25) is 0 Å². The molecule has 0 unspecified atom stereocenters. The Hall–Kier alpha value is -3.35. The van der Waals surface area contributed by atoms with Crippen molar-refractivity contribution >= 4 is 17.8 Å². The Labute approximate surface area is 151 Å². The maximum absolute atomic E-state index is 12.1. The quantitative estimate of drug-likeness (QED) is 0.611. The normalized spacial score (nSPS) is 11.2. The first-order valence-corrected chi connectivity index (χ1v) is 8.10. The standard InChI is InChI=1S/C19H20N2O5/c1-3-25-16-11-9-15(10-12-16)19(24)26-13(2)17(22)20-21-18(23)14-7-5-4-6-8-14/h4-13H,3H2,1-2H3,(H,20,22)(H,21,23)/t13-/m0/s1. The Morgan fingerprint density at radius 1 is 0.923 bits per heavy atom. The summed E-state index contributed by atoms with van der Waals surface area (Å²) >= 11 is 0. The number of hydrogen-bond acceptors (Lipinski definition) is 5. The molecule has 0 aliphatic carbocycles. The molecule has 0 radical (unpaired) electrons. The maximum Gasteiger partial charge on any atom is 0.338 e. The summed E-state index contributed by atoms with van der Waals surface area (Å²) in [5, 5.41) is 0. The number of nitrogens with one attached hydrogen (secondary N) is 2. The molecule has 2 N–H and O–H groups in total. The van der Waals surface area contributed by atoms with Crippen LogP contribution in [0.25, 0.3) is 0 Å². The molecule has 7 heteroatoms. The van der Waals surface area contributed by atoms with Crippen molar-refractivity contribution in [3.63, 3.8) is 0 Å². The molecule has 0 aliphatic rings. The molecule has 0 aliphatic heterocycles. The molecular weight excluding hydrogens is 336 g/mol. The number of esters is 1. The summed E-state index contributed by atoms with van der Waals surface area (Å²) in [5.74, 6) is -1.12. The average Bonchev–Trinajstić information content (AvgIpc) is 2.67. The van der Waals surface area contributed by atoms with Crippen LogP contribution in [0, 0.1) is 0 Å². The largest absolute Gasteiger partial charge is 0.494 e. The van der Waals surface area contributed by atoms with Crippen LogP contribution >= 0.6 is 0 Å². The van der Waals surface area contributed by atoms with Gasteiger partial charge in [0, 0.05) is 5.56 Å². The molecule has 2 aromatic carbocycles. The Kier molecular flexibility index (Phi) is 6.73. The number of benzene rings is 2. The van der Waals surface area contributed by atoms with Crippen LogP contribution < -0.4 is 15.6 Å². The van der Waals surface area contributed by atoms with E-state index in [4.69, 9.17) is 9.47 Å². The summed E-state index contributed by atoms with van der Waals surface area (Å²) in [6.45, 7) is 3.80. The van der Waals surface area contributed by atoms with E-state index in [2.05, 4.69) is 10.9 Å². The van der Waals surface area contributed by atoms with Crippen LogP contribution in [0.1, 0.15) is 34.6 Å². The minimum Gasteiger partial charge on any atom is -0.494 e. The fourth-order valence-electron chi connectivity index (χ4n) is 2.02. The van der Waals surface area contributed by atoms with E-state index in [1.165, 1.54) is 6.92 Å². The van der Waals surface area contributed by atoms with E-state index in [-0.39, 0.29) is 0 Å². The van der Waals surface area contributed by atoms with Gasteiger partial charge in [0.1, 0.15) is 5.75 Å². The van der Waals surface area contributed by atoms with Gasteiger partial charge in [0.15, 0.2) is 6.10 Å². The Bertz CT molecular complexity index is 759. The fourth-order valence-corrected chi connectivity index (χ4v) is 2.02. The second kappa shape index (κ2) is 9.22. The first-order valence-electron chi connectivity index (χ1n) is 8.10. The number of hydrogen-bond donors (Lipinski definition) is 2. The lowest BCUT2D eigenvalue weighted by Gasteiger charge is -2.14. The Morgan fingerprint density at radius 2 is 1.58 bits per heavy atom. The van der Waals surface area contributed by atoms with E-state index in [1.807, 2.05) is 6.92 Å². The number of ether oxygens (including phenoxy) is 2. The van der Waals surface area contributed by atoms with Gasteiger partial charge >= 0.3 is 5.97 Å². The van der Waals surface area contributed by atoms with E-state index in [0.717, 1.165) is 0 Å². The minimum atomic E-state index is -1.08. The highest BCUT2D eigenvalue weighted by molar-refractivity contribution is 5.96. The molecule has 0 heterocycles. The number of hydrazine groups is 1. The molecule has 7 nitrogen and oxygen atoms in total. The van der Waals surface area contributed by atoms with Gasteiger partial charge in [0.05, 0.1) is 12.2 Å². The Balaban J connectivity index is 1.84. The molecule has 1 atom stereocenters. The molecule has 0 bridgehead atoms. The van der Waals surface area contributed by atoms with Crippen molar-refractivity contribution in [3.05, 3.63) is 65.7 Å². The van der Waals surface area contributed by atoms with Gasteiger partial charge in [-0.3, -0.25) is 20.4 Å². The minimum absolute atomic E-state index is 0.293. The van der Waals surface area contributed by atoms with Crippen molar-refractivity contribution in [1.29, 1.82) is 0 Å². The zero-order chi connectivity index (χ0) is 18.9. The van der Waals surface area contributed by atoms with E-state index in [9.17, 15) is 14.4 Å². The predicted octanol–water partition coefficient (Wildman–Crippen LogP) is 2.09. The number of amides is 2. The zero-order valence-electron chi connectivity index (χ0n) is 14.5. The highest BCUT2D eigenvalue weighted by Gasteiger charge is 2.19. The lowest BCUT2D eigenvalue weighted by atomic mass is 10.2. The summed E-state index contributed by atoms with van der Waals surface area (Å²) in [6, 6.07) is 14.8. The van der Waals surface area contributed by atoms with Gasteiger partial charge in [0.25, 0.3) is 11.8 Å². The van der Waals surface area contributed by atoms with E-state index in [0.29, 0.717) is 23.5 Å². The van der Waals surface area contributed by atoms with Crippen molar-refractivity contribution in [2.75, 3.05) is 6.61 Å². The van der Waals surface area contributed by atoms with Crippen molar-refractivity contribution < 1.29 is 23.9 Å². The van der Waals surface area contributed by atoms with Crippen molar-refractivity contribution in [3.8, 4) is 5.75 Å². The molecule has 0 saturated heterocycles. The third kappa shape index (κ3) is 5.34. The van der Waals surface area contributed by atoms with Gasteiger partial charge in [-0.25, -0.2) is 4.79 Å². The molecule has 26 heavy (non-hydrogen) atoms. The van der Waals surface area contributed by atoms with Crippen molar-refractivity contribution in [2.24, 2.45) is 0 Å². The van der Waals surface area contributed by atoms with Crippen LogP contribution in [0.4, 0.5) is 0 Å². The summed E-state index contributed by atoms with van der Waals surface area (Å²) in [4.78, 5) is 35.9. The van der Waals surface area contributed by atoms with Gasteiger partial charge in [-0.2, -0.15) is 0 Å². The second-order valence-electron chi connectivity index (χ2n) is 5.31. The van der Waals surface area contributed by atoms with Crippen LogP contribution in [0.3, 0.4) is 0 Å². The monoisotopic (exact) mass is 356 g/mol. The average molecular weight is 356 g/mol. The van der Waals surface area contributed by atoms with Gasteiger partial charge < -0.3 is 9.47 Å². The van der Waals surface area contributed by atoms with Crippen molar-refractivity contribution in [2.45, 2.75) is 20.0 Å². The number of rotatable bonds is 6. The molecule has 0 fully saturated rings. The van der Waals surface area contributed by atoms with E-state index >= 15 is 0 Å². The predicted molar refractivity (Wildman–Crippen MR) is 94.5 cm³/mol. The molecule has 136 valence electrons. The summed E-state index contributed by atoms with van der Waals surface area (Å²) in [6.07, 6.45) is -1.08. The van der Waals surface area contributed by atoms with E-state index in [1.54, 1.807) is 54.6 Å². The summed E-state index contributed by atoms with van der Waals surface area (Å²) < 4.78 is 10.4. The molecule has 2 amide bonds. The zero-order valence-corrected chi connectivity index (χ0v) is 14.5. The Morgan fingerprint density at radius 3 is 2.19 bits per heavy atom. The first-order chi connectivity index (χ1) is 12.5. The second-order valence-corrected chi connectivity index (χ2v) is 5.31. The van der Waals surface area contributed by atoms with Crippen LogP contribution in [0.5, 0.6) is 5.75 Å².